The molecule has 3 rings (SSSR count). The van der Waals surface area contributed by atoms with Crippen molar-refractivity contribution in [2.45, 2.75) is 69.7 Å². The second-order valence-electron chi connectivity index (χ2n) is 7.57. The SMILES string of the molecule is O=C(CCN1C(=O)C2CCCCC2C1=O)NC1(C(=O)O)CCCCC1. The molecule has 1 saturated heterocycles. The molecule has 3 aliphatic rings. The Morgan fingerprint density at radius 2 is 1.56 bits per heavy atom. The Bertz CT molecular complexity index is 558. The third-order valence-electron chi connectivity index (χ3n) is 5.99. The van der Waals surface area contributed by atoms with Crippen LogP contribution in [0.5, 0.6) is 0 Å². The van der Waals surface area contributed by atoms with E-state index in [1.54, 1.807) is 0 Å². The summed E-state index contributed by atoms with van der Waals surface area (Å²) in [6.07, 6.45) is 6.79. The highest BCUT2D eigenvalue weighted by molar-refractivity contribution is 6.05. The number of imide groups is 1. The Kier molecular flexibility index (Phi) is 5.11. The summed E-state index contributed by atoms with van der Waals surface area (Å²) in [7, 11) is 0. The summed E-state index contributed by atoms with van der Waals surface area (Å²) in [6.45, 7) is 0.0478. The molecule has 2 N–H and O–H groups in total. The van der Waals surface area contributed by atoms with Gasteiger partial charge >= 0.3 is 5.97 Å². The lowest BCUT2D eigenvalue weighted by atomic mass is 9.81. The molecule has 2 saturated carbocycles. The minimum atomic E-state index is -1.19. The molecule has 0 bridgehead atoms. The van der Waals surface area contributed by atoms with Crippen LogP contribution in [0.4, 0.5) is 0 Å². The van der Waals surface area contributed by atoms with Gasteiger partial charge in [-0.05, 0) is 25.7 Å². The quantitative estimate of drug-likeness (QED) is 0.731. The molecular formula is C18H26N2O5. The van der Waals surface area contributed by atoms with Gasteiger partial charge in [0.15, 0.2) is 0 Å². The fourth-order valence-corrected chi connectivity index (χ4v) is 4.54. The van der Waals surface area contributed by atoms with Crippen molar-refractivity contribution in [1.29, 1.82) is 0 Å². The number of hydrogen-bond donors (Lipinski definition) is 2. The number of carbonyl (C=O) groups excluding carboxylic acids is 3. The first-order valence-electron chi connectivity index (χ1n) is 9.34. The van der Waals surface area contributed by atoms with Crippen LogP contribution in [0.15, 0.2) is 0 Å². The Morgan fingerprint density at radius 3 is 2.08 bits per heavy atom. The lowest BCUT2D eigenvalue weighted by molar-refractivity contribution is -0.149. The molecule has 0 spiro atoms. The van der Waals surface area contributed by atoms with E-state index in [1.807, 2.05) is 0 Å². The highest BCUT2D eigenvalue weighted by Crippen LogP contribution is 2.38. The van der Waals surface area contributed by atoms with Gasteiger partial charge in [0.05, 0.1) is 11.8 Å². The third kappa shape index (κ3) is 3.41. The maximum absolute atomic E-state index is 12.4. The van der Waals surface area contributed by atoms with Crippen molar-refractivity contribution in [3.63, 3.8) is 0 Å². The molecule has 7 nitrogen and oxygen atoms in total. The highest BCUT2D eigenvalue weighted by Gasteiger charge is 2.48. The Hall–Kier alpha value is -1.92. The van der Waals surface area contributed by atoms with Crippen molar-refractivity contribution in [3.05, 3.63) is 0 Å². The molecule has 2 atom stereocenters. The number of amides is 3. The average molecular weight is 350 g/mol. The van der Waals surface area contributed by atoms with Crippen LogP contribution in [0, 0.1) is 11.8 Å². The fraction of sp³-hybridized carbons (Fsp3) is 0.778. The number of nitrogens with zero attached hydrogens (tertiary/aromatic N) is 1. The van der Waals surface area contributed by atoms with E-state index in [2.05, 4.69) is 5.32 Å². The first-order valence-corrected chi connectivity index (χ1v) is 9.34. The second kappa shape index (κ2) is 7.14. The van der Waals surface area contributed by atoms with Gasteiger partial charge in [0, 0.05) is 13.0 Å². The molecule has 7 heteroatoms. The Morgan fingerprint density at radius 1 is 1.00 bits per heavy atom. The van der Waals surface area contributed by atoms with Gasteiger partial charge in [-0.2, -0.15) is 0 Å². The largest absolute Gasteiger partial charge is 0.480 e. The van der Waals surface area contributed by atoms with Gasteiger partial charge in [-0.15, -0.1) is 0 Å². The van der Waals surface area contributed by atoms with Crippen LogP contribution < -0.4 is 5.32 Å². The summed E-state index contributed by atoms with van der Waals surface area (Å²) in [5.74, 6) is -2.15. The number of carboxylic acid groups (broad SMARTS) is 1. The minimum Gasteiger partial charge on any atom is -0.480 e. The molecule has 2 unspecified atom stereocenters. The molecule has 3 fully saturated rings. The topological polar surface area (TPSA) is 104 Å². The molecule has 3 amide bonds. The molecule has 138 valence electrons. The average Bonchev–Trinajstić information content (AvgIpc) is 2.85. The van der Waals surface area contributed by atoms with Crippen molar-refractivity contribution in [1.82, 2.24) is 10.2 Å². The predicted molar refractivity (Wildman–Crippen MR) is 88.4 cm³/mol. The van der Waals surface area contributed by atoms with Crippen LogP contribution in [-0.2, 0) is 19.2 Å². The zero-order valence-electron chi connectivity index (χ0n) is 14.5. The van der Waals surface area contributed by atoms with Gasteiger partial charge in [0.2, 0.25) is 17.7 Å². The van der Waals surface area contributed by atoms with Gasteiger partial charge in [-0.3, -0.25) is 19.3 Å². The Balaban J connectivity index is 1.57. The van der Waals surface area contributed by atoms with Crippen LogP contribution in [-0.4, -0.2) is 45.8 Å². The van der Waals surface area contributed by atoms with Crippen molar-refractivity contribution < 1.29 is 24.3 Å². The second-order valence-corrected chi connectivity index (χ2v) is 7.57. The van der Waals surface area contributed by atoms with Crippen LogP contribution >= 0.6 is 0 Å². The van der Waals surface area contributed by atoms with Gasteiger partial charge in [0.25, 0.3) is 0 Å². The molecule has 0 aromatic carbocycles. The zero-order chi connectivity index (χ0) is 18.0. The van der Waals surface area contributed by atoms with Crippen molar-refractivity contribution in [3.8, 4) is 0 Å². The molecule has 2 aliphatic carbocycles. The summed E-state index contributed by atoms with van der Waals surface area (Å²) in [5.41, 5.74) is -1.19. The molecule has 25 heavy (non-hydrogen) atoms. The number of hydrogen-bond acceptors (Lipinski definition) is 4. The van der Waals surface area contributed by atoms with E-state index in [4.69, 9.17) is 0 Å². The molecule has 1 heterocycles. The Labute approximate surface area is 147 Å². The summed E-state index contributed by atoms with van der Waals surface area (Å²) < 4.78 is 0. The monoisotopic (exact) mass is 350 g/mol. The molecular weight excluding hydrogens is 324 g/mol. The molecule has 0 aromatic heterocycles. The van der Waals surface area contributed by atoms with Gasteiger partial charge in [0.1, 0.15) is 5.54 Å². The molecule has 0 radical (unpaired) electrons. The van der Waals surface area contributed by atoms with Crippen molar-refractivity contribution in [2.24, 2.45) is 11.8 Å². The maximum Gasteiger partial charge on any atom is 0.329 e. The van der Waals surface area contributed by atoms with Crippen molar-refractivity contribution >= 4 is 23.7 Å². The van der Waals surface area contributed by atoms with Crippen LogP contribution in [0.25, 0.3) is 0 Å². The maximum atomic E-state index is 12.4. The van der Waals surface area contributed by atoms with Crippen molar-refractivity contribution in [2.75, 3.05) is 6.54 Å². The standard InChI is InChI=1S/C18H26N2O5/c21-14(19-18(17(24)25)9-4-1-5-10-18)8-11-20-15(22)12-6-2-3-7-13(12)16(20)23/h12-13H,1-11H2,(H,19,21)(H,24,25). The minimum absolute atomic E-state index is 0.0358. The van der Waals surface area contributed by atoms with Crippen LogP contribution in [0.3, 0.4) is 0 Å². The fourth-order valence-electron chi connectivity index (χ4n) is 4.54. The summed E-state index contributed by atoms with van der Waals surface area (Å²) in [4.78, 5) is 49.9. The first-order chi connectivity index (χ1) is 11.9. The van der Waals surface area contributed by atoms with E-state index >= 15 is 0 Å². The molecule has 1 aliphatic heterocycles. The van der Waals surface area contributed by atoms with E-state index in [0.29, 0.717) is 12.8 Å². The van der Waals surface area contributed by atoms with E-state index in [-0.39, 0.29) is 36.6 Å². The summed E-state index contributed by atoms with van der Waals surface area (Å²) >= 11 is 0. The van der Waals surface area contributed by atoms with E-state index in [0.717, 1.165) is 44.9 Å². The number of aliphatic carboxylic acids is 1. The highest BCUT2D eigenvalue weighted by atomic mass is 16.4. The number of carboxylic acids is 1. The molecule has 0 aromatic rings. The third-order valence-corrected chi connectivity index (χ3v) is 5.99. The van der Waals surface area contributed by atoms with E-state index in [9.17, 15) is 24.3 Å². The first kappa shape index (κ1) is 17.9. The smallest absolute Gasteiger partial charge is 0.329 e. The van der Waals surface area contributed by atoms with Gasteiger partial charge in [-0.25, -0.2) is 4.79 Å². The lowest BCUT2D eigenvalue weighted by Gasteiger charge is -2.34. The number of carbonyl (C=O) groups is 4. The normalized spacial score (nSPS) is 28.6. The van der Waals surface area contributed by atoms with E-state index in [1.165, 1.54) is 4.90 Å². The van der Waals surface area contributed by atoms with Crippen LogP contribution in [0.2, 0.25) is 0 Å². The number of rotatable bonds is 5. The zero-order valence-corrected chi connectivity index (χ0v) is 14.5. The van der Waals surface area contributed by atoms with E-state index < -0.39 is 17.4 Å². The predicted octanol–water partition coefficient (Wildman–Crippen LogP) is 1.46. The summed E-state index contributed by atoms with van der Waals surface area (Å²) in [5, 5.41) is 12.2. The van der Waals surface area contributed by atoms with Crippen LogP contribution in [0.1, 0.15) is 64.2 Å². The van der Waals surface area contributed by atoms with Gasteiger partial charge < -0.3 is 10.4 Å². The summed E-state index contributed by atoms with van der Waals surface area (Å²) in [6, 6.07) is 0. The number of fused-ring (bicyclic) bond motifs is 1. The number of nitrogens with one attached hydrogen (secondary N) is 1. The number of likely N-dealkylation sites (tertiary alicyclic amines) is 1. The van der Waals surface area contributed by atoms with Gasteiger partial charge in [-0.1, -0.05) is 32.1 Å². The lowest BCUT2D eigenvalue weighted by Crippen LogP contribution is -2.56.